The molecule has 4 nitrogen and oxygen atoms in total. The Morgan fingerprint density at radius 2 is 2.00 bits per heavy atom. The second-order valence-electron chi connectivity index (χ2n) is 3.36. The van der Waals surface area contributed by atoms with Gasteiger partial charge in [-0.15, -0.1) is 0 Å². The van der Waals surface area contributed by atoms with Gasteiger partial charge in [-0.25, -0.2) is 14.4 Å². The van der Waals surface area contributed by atoms with Crippen LogP contribution in [0.15, 0.2) is 29.0 Å². The highest BCUT2D eigenvalue weighted by molar-refractivity contribution is 9.10. The molecular formula is C11H9BrClFN4. The molecule has 94 valence electrons. The number of hydrogen-bond donors (Lipinski definition) is 2. The minimum atomic E-state index is -0.445. The van der Waals surface area contributed by atoms with Crippen molar-refractivity contribution in [2.24, 2.45) is 0 Å². The number of hydrogen-bond acceptors (Lipinski definition) is 4. The summed E-state index contributed by atoms with van der Waals surface area (Å²) in [6.45, 7) is 0. The van der Waals surface area contributed by atoms with E-state index in [1.807, 2.05) is 0 Å². The summed E-state index contributed by atoms with van der Waals surface area (Å²) >= 11 is 9.26. The maximum Gasteiger partial charge on any atom is 0.150 e. The Bertz CT molecular complexity index is 559. The average molecular weight is 332 g/mol. The van der Waals surface area contributed by atoms with Gasteiger partial charge in [-0.3, -0.25) is 0 Å². The van der Waals surface area contributed by atoms with Crippen molar-refractivity contribution < 1.29 is 4.39 Å². The molecule has 1 heterocycles. The van der Waals surface area contributed by atoms with E-state index < -0.39 is 5.82 Å². The van der Waals surface area contributed by atoms with E-state index in [-0.39, 0.29) is 10.7 Å². The first-order chi connectivity index (χ1) is 8.63. The van der Waals surface area contributed by atoms with Gasteiger partial charge in [0.25, 0.3) is 0 Å². The third kappa shape index (κ3) is 2.54. The molecule has 0 bridgehead atoms. The lowest BCUT2D eigenvalue weighted by Gasteiger charge is -2.11. The second kappa shape index (κ2) is 5.49. The maximum atomic E-state index is 13.6. The lowest BCUT2D eigenvalue weighted by Crippen LogP contribution is -2.02. The summed E-state index contributed by atoms with van der Waals surface area (Å²) < 4.78 is 14.2. The van der Waals surface area contributed by atoms with Crippen LogP contribution in [0, 0.1) is 5.82 Å². The van der Waals surface area contributed by atoms with E-state index in [2.05, 4.69) is 36.5 Å². The SMILES string of the molecule is CNc1ncnc(Nc2c(F)cccc2Cl)c1Br. The van der Waals surface area contributed by atoms with Gasteiger partial charge < -0.3 is 10.6 Å². The minimum Gasteiger partial charge on any atom is -0.372 e. The predicted molar refractivity (Wildman–Crippen MR) is 74.0 cm³/mol. The van der Waals surface area contributed by atoms with Crippen LogP contribution in [-0.2, 0) is 0 Å². The van der Waals surface area contributed by atoms with E-state index in [9.17, 15) is 4.39 Å². The maximum absolute atomic E-state index is 13.6. The molecule has 0 radical (unpaired) electrons. The summed E-state index contributed by atoms with van der Waals surface area (Å²) in [5, 5.41) is 6.01. The molecule has 1 aromatic heterocycles. The fraction of sp³-hybridized carbons (Fsp3) is 0.0909. The third-order valence-corrected chi connectivity index (χ3v) is 3.30. The molecule has 2 rings (SSSR count). The molecule has 0 aliphatic rings. The van der Waals surface area contributed by atoms with Crippen LogP contribution >= 0.6 is 27.5 Å². The van der Waals surface area contributed by atoms with E-state index in [0.717, 1.165) is 0 Å². The number of para-hydroxylation sites is 1. The van der Waals surface area contributed by atoms with Gasteiger partial charge in [0.2, 0.25) is 0 Å². The number of anilines is 3. The molecule has 0 aliphatic carbocycles. The number of rotatable bonds is 3. The summed E-state index contributed by atoms with van der Waals surface area (Å²) in [4.78, 5) is 8.04. The van der Waals surface area contributed by atoms with Crippen LogP contribution in [0.25, 0.3) is 0 Å². The molecule has 0 atom stereocenters. The van der Waals surface area contributed by atoms with E-state index in [1.165, 1.54) is 18.5 Å². The van der Waals surface area contributed by atoms with Crippen molar-refractivity contribution in [2.75, 3.05) is 17.7 Å². The van der Waals surface area contributed by atoms with Crippen molar-refractivity contribution in [3.63, 3.8) is 0 Å². The van der Waals surface area contributed by atoms with Gasteiger partial charge in [0, 0.05) is 7.05 Å². The van der Waals surface area contributed by atoms with Crippen LogP contribution in [0.1, 0.15) is 0 Å². The highest BCUT2D eigenvalue weighted by Crippen LogP contribution is 2.32. The second-order valence-corrected chi connectivity index (χ2v) is 4.56. The Morgan fingerprint density at radius 1 is 1.28 bits per heavy atom. The fourth-order valence-electron chi connectivity index (χ4n) is 1.37. The number of benzene rings is 1. The molecule has 0 spiro atoms. The van der Waals surface area contributed by atoms with Gasteiger partial charge in [-0.2, -0.15) is 0 Å². The summed E-state index contributed by atoms with van der Waals surface area (Å²) in [7, 11) is 1.73. The van der Waals surface area contributed by atoms with Crippen molar-refractivity contribution in [1.29, 1.82) is 0 Å². The number of nitrogens with one attached hydrogen (secondary N) is 2. The molecule has 2 aromatic rings. The summed E-state index contributed by atoms with van der Waals surface area (Å²) in [6.07, 6.45) is 1.37. The highest BCUT2D eigenvalue weighted by atomic mass is 79.9. The molecule has 0 aliphatic heterocycles. The van der Waals surface area contributed by atoms with Crippen molar-refractivity contribution >= 4 is 44.9 Å². The first-order valence-electron chi connectivity index (χ1n) is 5.02. The van der Waals surface area contributed by atoms with Gasteiger partial charge in [0.15, 0.2) is 0 Å². The summed E-state index contributed by atoms with van der Waals surface area (Å²) in [6, 6.07) is 4.46. The number of nitrogens with zero attached hydrogens (tertiary/aromatic N) is 2. The molecule has 0 saturated carbocycles. The zero-order chi connectivity index (χ0) is 13.1. The Labute approximate surface area is 117 Å². The molecule has 1 aromatic carbocycles. The van der Waals surface area contributed by atoms with E-state index >= 15 is 0 Å². The third-order valence-electron chi connectivity index (χ3n) is 2.23. The van der Waals surface area contributed by atoms with Crippen LogP contribution in [0.2, 0.25) is 5.02 Å². The van der Waals surface area contributed by atoms with Crippen molar-refractivity contribution in [2.45, 2.75) is 0 Å². The number of aromatic nitrogens is 2. The molecular weight excluding hydrogens is 323 g/mol. The Kier molecular flexibility index (Phi) is 3.98. The van der Waals surface area contributed by atoms with Crippen molar-refractivity contribution in [3.8, 4) is 0 Å². The van der Waals surface area contributed by atoms with E-state index in [0.29, 0.717) is 16.1 Å². The van der Waals surface area contributed by atoms with Gasteiger partial charge in [-0.05, 0) is 28.1 Å². The molecule has 0 saturated heterocycles. The van der Waals surface area contributed by atoms with Gasteiger partial charge in [0.05, 0.1) is 10.7 Å². The van der Waals surface area contributed by atoms with Gasteiger partial charge in [0.1, 0.15) is 28.3 Å². The lowest BCUT2D eigenvalue weighted by molar-refractivity contribution is 0.632. The number of halogens is 3. The van der Waals surface area contributed by atoms with Crippen molar-refractivity contribution in [1.82, 2.24) is 9.97 Å². The smallest absolute Gasteiger partial charge is 0.150 e. The Morgan fingerprint density at radius 3 is 2.67 bits per heavy atom. The zero-order valence-corrected chi connectivity index (χ0v) is 11.7. The van der Waals surface area contributed by atoms with Crippen LogP contribution in [-0.4, -0.2) is 17.0 Å². The topological polar surface area (TPSA) is 49.8 Å². The minimum absolute atomic E-state index is 0.181. The fourth-order valence-corrected chi connectivity index (χ4v) is 2.08. The van der Waals surface area contributed by atoms with Crippen molar-refractivity contribution in [3.05, 3.63) is 39.8 Å². The highest BCUT2D eigenvalue weighted by Gasteiger charge is 2.12. The van der Waals surface area contributed by atoms with Gasteiger partial charge in [-0.1, -0.05) is 17.7 Å². The Balaban J connectivity index is 2.40. The van der Waals surface area contributed by atoms with Gasteiger partial charge >= 0.3 is 0 Å². The van der Waals surface area contributed by atoms with Crippen LogP contribution in [0.4, 0.5) is 21.7 Å². The first kappa shape index (κ1) is 13.0. The molecule has 0 unspecified atom stereocenters. The molecule has 2 N–H and O–H groups in total. The average Bonchev–Trinajstić information content (AvgIpc) is 2.36. The van der Waals surface area contributed by atoms with Crippen LogP contribution in [0.5, 0.6) is 0 Å². The predicted octanol–water partition coefficient (Wildman–Crippen LogP) is 3.82. The summed E-state index contributed by atoms with van der Waals surface area (Å²) in [5.74, 6) is 0.584. The normalized spacial score (nSPS) is 10.2. The van der Waals surface area contributed by atoms with E-state index in [1.54, 1.807) is 13.1 Å². The summed E-state index contributed by atoms with van der Waals surface area (Å²) in [5.41, 5.74) is 0.181. The van der Waals surface area contributed by atoms with E-state index in [4.69, 9.17) is 11.6 Å². The largest absolute Gasteiger partial charge is 0.372 e. The zero-order valence-electron chi connectivity index (χ0n) is 9.34. The molecule has 0 fully saturated rings. The van der Waals surface area contributed by atoms with Crippen LogP contribution < -0.4 is 10.6 Å². The first-order valence-corrected chi connectivity index (χ1v) is 6.20. The Hall–Kier alpha value is -1.40. The lowest BCUT2D eigenvalue weighted by atomic mass is 10.3. The molecule has 0 amide bonds. The molecule has 18 heavy (non-hydrogen) atoms. The monoisotopic (exact) mass is 330 g/mol. The van der Waals surface area contributed by atoms with Crippen LogP contribution in [0.3, 0.4) is 0 Å². The molecule has 7 heteroatoms. The quantitative estimate of drug-likeness (QED) is 0.898. The standard InChI is InChI=1S/C11H9BrClFN4/c1-15-10-8(12)11(17-5-16-10)18-9-6(13)3-2-4-7(9)14/h2-5H,1H3,(H2,15,16,17,18).